The molecule has 0 saturated heterocycles. The number of nitrogens with zero attached hydrogens (tertiary/aromatic N) is 4. The number of guanidine groups is 1. The van der Waals surface area contributed by atoms with E-state index in [-0.39, 0.29) is 0 Å². The van der Waals surface area contributed by atoms with Crippen molar-refractivity contribution < 1.29 is 4.74 Å². The van der Waals surface area contributed by atoms with Crippen LogP contribution in [-0.2, 0) is 11.3 Å². The molecule has 1 aliphatic carbocycles. The van der Waals surface area contributed by atoms with Gasteiger partial charge in [0.2, 0.25) is 0 Å². The number of methoxy groups -OCH3 is 1. The maximum absolute atomic E-state index is 5.33. The lowest BCUT2D eigenvalue weighted by atomic mass is 9.83. The maximum Gasteiger partial charge on any atom is 0.191 e. The molecule has 1 fully saturated rings. The van der Waals surface area contributed by atoms with Gasteiger partial charge in [0.1, 0.15) is 6.54 Å². The number of hydrogen-bond acceptors (Lipinski definition) is 4. The highest BCUT2D eigenvalue weighted by Crippen LogP contribution is 2.40. The summed E-state index contributed by atoms with van der Waals surface area (Å²) in [5, 5.41) is 15.3. The monoisotopic (exact) mass is 358 g/mol. The van der Waals surface area contributed by atoms with E-state index in [2.05, 4.69) is 27.8 Å². The zero-order valence-corrected chi connectivity index (χ0v) is 15.9. The van der Waals surface area contributed by atoms with Crippen molar-refractivity contribution in [1.82, 2.24) is 25.2 Å². The molecule has 3 rings (SSSR count). The Morgan fingerprint density at radius 3 is 2.88 bits per heavy atom. The number of aromatic nitrogens is 3. The predicted octanol–water partition coefficient (Wildman–Crippen LogP) is 2.38. The summed E-state index contributed by atoms with van der Waals surface area (Å²) in [6.07, 6.45) is 8.22. The lowest BCUT2D eigenvalue weighted by Crippen LogP contribution is -2.43. The molecule has 7 heteroatoms. The second-order valence-corrected chi connectivity index (χ2v) is 7.04. The fourth-order valence-corrected chi connectivity index (χ4v) is 3.72. The van der Waals surface area contributed by atoms with Crippen molar-refractivity contribution in [3.05, 3.63) is 30.2 Å². The topological polar surface area (TPSA) is 75.8 Å². The Labute approximate surface area is 155 Å². The van der Waals surface area contributed by atoms with E-state index in [1.807, 2.05) is 28.8 Å². The van der Waals surface area contributed by atoms with E-state index < -0.39 is 0 Å². The van der Waals surface area contributed by atoms with Crippen molar-refractivity contribution in [2.24, 2.45) is 10.4 Å². The van der Waals surface area contributed by atoms with Crippen LogP contribution in [0.3, 0.4) is 0 Å². The van der Waals surface area contributed by atoms with Crippen molar-refractivity contribution >= 4 is 11.6 Å². The average molecular weight is 358 g/mol. The standard InChI is InChI=1S/C19H30N6O/c1-3-20-18(22-15-19(11-13-26-2)9-5-6-10-19)21-14-17-24-23-16-8-4-7-12-25(16)17/h4,7-8,12H,3,5-6,9-11,13-15H2,1-2H3,(H2,20,21,22). The lowest BCUT2D eigenvalue weighted by Gasteiger charge is -2.29. The van der Waals surface area contributed by atoms with Crippen LogP contribution in [0.1, 0.15) is 44.9 Å². The minimum atomic E-state index is 0.327. The number of ether oxygens (including phenoxy) is 1. The highest BCUT2D eigenvalue weighted by Gasteiger charge is 2.33. The van der Waals surface area contributed by atoms with E-state index in [0.717, 1.165) is 43.5 Å². The van der Waals surface area contributed by atoms with Crippen LogP contribution >= 0.6 is 0 Å². The second-order valence-electron chi connectivity index (χ2n) is 7.04. The molecule has 2 N–H and O–H groups in total. The summed E-state index contributed by atoms with van der Waals surface area (Å²) in [5.74, 6) is 1.68. The molecule has 142 valence electrons. The molecule has 0 aromatic carbocycles. The highest BCUT2D eigenvalue weighted by molar-refractivity contribution is 5.79. The van der Waals surface area contributed by atoms with Crippen LogP contribution in [0.25, 0.3) is 5.65 Å². The van der Waals surface area contributed by atoms with Gasteiger partial charge in [-0.3, -0.25) is 4.40 Å². The van der Waals surface area contributed by atoms with Crippen LogP contribution in [-0.4, -0.2) is 47.4 Å². The number of aliphatic imine (C=N–C) groups is 1. The van der Waals surface area contributed by atoms with Gasteiger partial charge in [-0.2, -0.15) is 0 Å². The van der Waals surface area contributed by atoms with Crippen molar-refractivity contribution in [3.8, 4) is 0 Å². The Kier molecular flexibility index (Phi) is 6.44. The second kappa shape index (κ2) is 8.98. The summed E-state index contributed by atoms with van der Waals surface area (Å²) in [6, 6.07) is 5.89. The van der Waals surface area contributed by atoms with Gasteiger partial charge >= 0.3 is 0 Å². The largest absolute Gasteiger partial charge is 0.385 e. The summed E-state index contributed by atoms with van der Waals surface area (Å²) in [4.78, 5) is 4.72. The first-order valence-corrected chi connectivity index (χ1v) is 9.56. The van der Waals surface area contributed by atoms with Crippen LogP contribution in [0.2, 0.25) is 0 Å². The molecule has 1 saturated carbocycles. The molecule has 2 heterocycles. The zero-order chi connectivity index (χ0) is 18.2. The molecule has 26 heavy (non-hydrogen) atoms. The third-order valence-corrected chi connectivity index (χ3v) is 5.24. The number of nitrogens with one attached hydrogen (secondary N) is 2. The SMILES string of the molecule is CCNC(=NCc1nnc2ccccn12)NCC1(CCOC)CCCC1. The van der Waals surface area contributed by atoms with Gasteiger partial charge < -0.3 is 15.4 Å². The molecule has 0 atom stereocenters. The molecule has 2 aromatic heterocycles. The summed E-state index contributed by atoms with van der Waals surface area (Å²) in [6.45, 7) is 5.16. The highest BCUT2D eigenvalue weighted by atomic mass is 16.5. The van der Waals surface area contributed by atoms with Gasteiger partial charge in [0.15, 0.2) is 17.4 Å². The molecule has 0 radical (unpaired) electrons. The Bertz CT molecular complexity index is 720. The molecule has 0 aliphatic heterocycles. The van der Waals surface area contributed by atoms with Crippen molar-refractivity contribution in [3.63, 3.8) is 0 Å². The minimum Gasteiger partial charge on any atom is -0.385 e. The first-order valence-electron chi connectivity index (χ1n) is 9.56. The first kappa shape index (κ1) is 18.6. The van der Waals surface area contributed by atoms with Crippen LogP contribution < -0.4 is 10.6 Å². The fraction of sp³-hybridized carbons (Fsp3) is 0.632. The number of rotatable bonds is 8. The van der Waals surface area contributed by atoms with Crippen LogP contribution in [0.4, 0.5) is 0 Å². The molecule has 2 aromatic rings. The van der Waals surface area contributed by atoms with Gasteiger partial charge in [-0.05, 0) is 43.7 Å². The number of hydrogen-bond donors (Lipinski definition) is 2. The maximum atomic E-state index is 5.33. The fourth-order valence-electron chi connectivity index (χ4n) is 3.72. The van der Waals surface area contributed by atoms with Gasteiger partial charge in [0, 0.05) is 33.0 Å². The van der Waals surface area contributed by atoms with E-state index in [9.17, 15) is 0 Å². The average Bonchev–Trinajstić information content (AvgIpc) is 3.30. The molecule has 7 nitrogen and oxygen atoms in total. The number of fused-ring (bicyclic) bond motifs is 1. The van der Waals surface area contributed by atoms with E-state index in [1.54, 1.807) is 7.11 Å². The normalized spacial score (nSPS) is 16.9. The zero-order valence-electron chi connectivity index (χ0n) is 15.9. The van der Waals surface area contributed by atoms with Crippen molar-refractivity contribution in [1.29, 1.82) is 0 Å². The predicted molar refractivity (Wildman–Crippen MR) is 103 cm³/mol. The van der Waals surface area contributed by atoms with Crippen LogP contribution in [0.15, 0.2) is 29.4 Å². The molecule has 1 aliphatic rings. The van der Waals surface area contributed by atoms with E-state index >= 15 is 0 Å². The van der Waals surface area contributed by atoms with Gasteiger partial charge in [0.25, 0.3) is 0 Å². The van der Waals surface area contributed by atoms with Crippen LogP contribution in [0.5, 0.6) is 0 Å². The molecule has 0 unspecified atom stereocenters. The van der Waals surface area contributed by atoms with Gasteiger partial charge in [0.05, 0.1) is 0 Å². The Morgan fingerprint density at radius 1 is 1.27 bits per heavy atom. The minimum absolute atomic E-state index is 0.327. The van der Waals surface area contributed by atoms with Crippen molar-refractivity contribution in [2.75, 3.05) is 26.8 Å². The van der Waals surface area contributed by atoms with Crippen LogP contribution in [0, 0.1) is 5.41 Å². The molecule has 0 bridgehead atoms. The van der Waals surface area contributed by atoms with Gasteiger partial charge in [-0.15, -0.1) is 10.2 Å². The summed E-state index contributed by atoms with van der Waals surface area (Å²) < 4.78 is 7.31. The van der Waals surface area contributed by atoms with Crippen molar-refractivity contribution in [2.45, 2.75) is 45.6 Å². The molecular formula is C19H30N6O. The summed E-state index contributed by atoms with van der Waals surface area (Å²) in [7, 11) is 1.78. The van der Waals surface area contributed by atoms with E-state index in [1.165, 1.54) is 25.7 Å². The quantitative estimate of drug-likeness (QED) is 0.560. The van der Waals surface area contributed by atoms with Gasteiger partial charge in [-0.25, -0.2) is 4.99 Å². The van der Waals surface area contributed by atoms with E-state index in [0.29, 0.717) is 12.0 Å². The van der Waals surface area contributed by atoms with Gasteiger partial charge in [-0.1, -0.05) is 18.9 Å². The molecule has 0 amide bonds. The third kappa shape index (κ3) is 4.52. The number of pyridine rings is 1. The first-order chi connectivity index (χ1) is 12.8. The molecule has 0 spiro atoms. The lowest BCUT2D eigenvalue weighted by molar-refractivity contribution is 0.138. The smallest absolute Gasteiger partial charge is 0.191 e. The molecular weight excluding hydrogens is 328 g/mol. The van der Waals surface area contributed by atoms with E-state index in [4.69, 9.17) is 9.73 Å². The summed E-state index contributed by atoms with van der Waals surface area (Å²) >= 11 is 0. The Morgan fingerprint density at radius 2 is 2.12 bits per heavy atom. The summed E-state index contributed by atoms with van der Waals surface area (Å²) in [5.41, 5.74) is 1.17. The Balaban J connectivity index is 1.65. The Hall–Kier alpha value is -2.15. The third-order valence-electron chi connectivity index (χ3n) is 5.24.